The molecule has 0 atom stereocenters. The SMILES string of the molecule is CCCCNc1cc(C)nc(Nc2c(C)cc(C)cc2Cl)n1. The third kappa shape index (κ3) is 4.34. The van der Waals surface area contributed by atoms with Gasteiger partial charge in [-0.3, -0.25) is 0 Å². The lowest BCUT2D eigenvalue weighted by molar-refractivity contribution is 0.830. The second-order valence-corrected chi connectivity index (χ2v) is 5.97. The number of benzene rings is 1. The van der Waals surface area contributed by atoms with Gasteiger partial charge in [0.05, 0.1) is 10.7 Å². The van der Waals surface area contributed by atoms with Gasteiger partial charge in [0.25, 0.3) is 0 Å². The van der Waals surface area contributed by atoms with Gasteiger partial charge >= 0.3 is 0 Å². The molecule has 0 aliphatic heterocycles. The lowest BCUT2D eigenvalue weighted by Crippen LogP contribution is -2.07. The average molecular weight is 319 g/mol. The van der Waals surface area contributed by atoms with Gasteiger partial charge in [-0.05, 0) is 44.4 Å². The van der Waals surface area contributed by atoms with Crippen LogP contribution in [0.3, 0.4) is 0 Å². The molecule has 0 fully saturated rings. The molecule has 1 aromatic heterocycles. The number of hydrogen-bond acceptors (Lipinski definition) is 4. The molecule has 1 heterocycles. The van der Waals surface area contributed by atoms with E-state index in [2.05, 4.69) is 33.6 Å². The molecule has 118 valence electrons. The monoisotopic (exact) mass is 318 g/mol. The molecule has 0 bridgehead atoms. The summed E-state index contributed by atoms with van der Waals surface area (Å²) >= 11 is 6.33. The molecule has 0 amide bonds. The lowest BCUT2D eigenvalue weighted by atomic mass is 10.1. The number of nitrogens with one attached hydrogen (secondary N) is 2. The maximum Gasteiger partial charge on any atom is 0.229 e. The van der Waals surface area contributed by atoms with Gasteiger partial charge in [0.2, 0.25) is 5.95 Å². The van der Waals surface area contributed by atoms with Crippen LogP contribution in [0.5, 0.6) is 0 Å². The summed E-state index contributed by atoms with van der Waals surface area (Å²) in [6.45, 7) is 9.10. The summed E-state index contributed by atoms with van der Waals surface area (Å²) in [6, 6.07) is 5.97. The van der Waals surface area contributed by atoms with Crippen LogP contribution in [0.25, 0.3) is 0 Å². The van der Waals surface area contributed by atoms with Gasteiger partial charge in [-0.2, -0.15) is 4.98 Å². The predicted octanol–water partition coefficient (Wildman–Crippen LogP) is 5.01. The summed E-state index contributed by atoms with van der Waals surface area (Å²) in [5.74, 6) is 1.40. The number of aromatic nitrogens is 2. The van der Waals surface area contributed by atoms with Crippen molar-refractivity contribution in [1.82, 2.24) is 9.97 Å². The Labute approximate surface area is 137 Å². The van der Waals surface area contributed by atoms with Crippen molar-refractivity contribution >= 4 is 29.1 Å². The fraction of sp³-hybridized carbons (Fsp3) is 0.412. The molecule has 0 saturated carbocycles. The van der Waals surface area contributed by atoms with Crippen molar-refractivity contribution in [3.05, 3.63) is 40.0 Å². The molecule has 2 N–H and O–H groups in total. The Morgan fingerprint density at radius 2 is 1.86 bits per heavy atom. The number of rotatable bonds is 6. The summed E-state index contributed by atoms with van der Waals surface area (Å²) < 4.78 is 0. The van der Waals surface area contributed by atoms with Gasteiger partial charge in [0.1, 0.15) is 5.82 Å². The van der Waals surface area contributed by atoms with Gasteiger partial charge in [0.15, 0.2) is 0 Å². The van der Waals surface area contributed by atoms with E-state index in [-0.39, 0.29) is 0 Å². The van der Waals surface area contributed by atoms with Crippen molar-refractivity contribution in [2.24, 2.45) is 0 Å². The van der Waals surface area contributed by atoms with Crippen LogP contribution in [0.2, 0.25) is 5.02 Å². The maximum absolute atomic E-state index is 6.33. The molecule has 0 spiro atoms. The Morgan fingerprint density at radius 1 is 1.09 bits per heavy atom. The highest BCUT2D eigenvalue weighted by Gasteiger charge is 2.09. The van der Waals surface area contributed by atoms with Gasteiger partial charge in [-0.1, -0.05) is 31.0 Å². The summed E-state index contributed by atoms with van der Waals surface area (Å²) in [5.41, 5.74) is 3.99. The molecule has 0 aliphatic rings. The third-order valence-electron chi connectivity index (χ3n) is 3.36. The number of aryl methyl sites for hydroxylation is 3. The molecule has 4 nitrogen and oxygen atoms in total. The topological polar surface area (TPSA) is 49.8 Å². The summed E-state index contributed by atoms with van der Waals surface area (Å²) in [5, 5.41) is 7.26. The second kappa shape index (κ2) is 7.45. The minimum atomic E-state index is 0.563. The zero-order valence-corrected chi connectivity index (χ0v) is 14.4. The Balaban J connectivity index is 2.22. The molecule has 2 rings (SSSR count). The van der Waals surface area contributed by atoms with Crippen molar-refractivity contribution in [2.45, 2.75) is 40.5 Å². The molecule has 2 aromatic rings. The van der Waals surface area contributed by atoms with E-state index in [0.717, 1.165) is 47.7 Å². The highest BCUT2D eigenvalue weighted by Crippen LogP contribution is 2.29. The van der Waals surface area contributed by atoms with Crippen molar-refractivity contribution in [1.29, 1.82) is 0 Å². The zero-order valence-electron chi connectivity index (χ0n) is 13.6. The van der Waals surface area contributed by atoms with Crippen LogP contribution in [-0.4, -0.2) is 16.5 Å². The second-order valence-electron chi connectivity index (χ2n) is 5.56. The van der Waals surface area contributed by atoms with Crippen LogP contribution in [0.1, 0.15) is 36.6 Å². The summed E-state index contributed by atoms with van der Waals surface area (Å²) in [4.78, 5) is 8.95. The highest BCUT2D eigenvalue weighted by molar-refractivity contribution is 6.33. The normalized spacial score (nSPS) is 10.6. The number of anilines is 3. The lowest BCUT2D eigenvalue weighted by Gasteiger charge is -2.13. The smallest absolute Gasteiger partial charge is 0.229 e. The standard InChI is InChI=1S/C17H23ClN4/c1-5-6-7-19-15-10-13(4)20-17(21-15)22-16-12(3)8-11(2)9-14(16)18/h8-10H,5-7H2,1-4H3,(H2,19,20,21,22). The van der Waals surface area contributed by atoms with Crippen molar-refractivity contribution < 1.29 is 0 Å². The van der Waals surface area contributed by atoms with E-state index in [0.29, 0.717) is 11.0 Å². The number of unbranched alkanes of at least 4 members (excludes halogenated alkanes) is 1. The number of hydrogen-bond donors (Lipinski definition) is 2. The van der Waals surface area contributed by atoms with Gasteiger partial charge < -0.3 is 10.6 Å². The molecule has 1 aromatic carbocycles. The van der Waals surface area contributed by atoms with E-state index in [1.54, 1.807) is 0 Å². The maximum atomic E-state index is 6.33. The first kappa shape index (κ1) is 16.6. The number of nitrogens with zero attached hydrogens (tertiary/aromatic N) is 2. The molecule has 22 heavy (non-hydrogen) atoms. The van der Waals surface area contributed by atoms with E-state index < -0.39 is 0 Å². The molecule has 0 unspecified atom stereocenters. The van der Waals surface area contributed by atoms with E-state index >= 15 is 0 Å². The Morgan fingerprint density at radius 3 is 2.55 bits per heavy atom. The fourth-order valence-corrected chi connectivity index (χ4v) is 2.66. The van der Waals surface area contributed by atoms with Crippen LogP contribution in [0.15, 0.2) is 18.2 Å². The molecule has 5 heteroatoms. The van der Waals surface area contributed by atoms with E-state index in [1.165, 1.54) is 0 Å². The predicted molar refractivity (Wildman–Crippen MR) is 94.4 cm³/mol. The first-order valence-corrected chi connectivity index (χ1v) is 8.00. The molecular weight excluding hydrogens is 296 g/mol. The minimum absolute atomic E-state index is 0.563. The number of halogens is 1. The summed E-state index contributed by atoms with van der Waals surface area (Å²) in [7, 11) is 0. The average Bonchev–Trinajstić information content (AvgIpc) is 2.42. The first-order valence-electron chi connectivity index (χ1n) is 7.63. The van der Waals surface area contributed by atoms with E-state index in [4.69, 9.17) is 11.6 Å². The van der Waals surface area contributed by atoms with Crippen molar-refractivity contribution in [3.8, 4) is 0 Å². The minimum Gasteiger partial charge on any atom is -0.370 e. The Kier molecular flexibility index (Phi) is 5.61. The molecule has 0 aliphatic carbocycles. The zero-order chi connectivity index (χ0) is 16.1. The van der Waals surface area contributed by atoms with Gasteiger partial charge in [-0.25, -0.2) is 4.98 Å². The quantitative estimate of drug-likeness (QED) is 0.735. The third-order valence-corrected chi connectivity index (χ3v) is 3.66. The van der Waals surface area contributed by atoms with Crippen LogP contribution < -0.4 is 10.6 Å². The molecule has 0 saturated heterocycles. The largest absolute Gasteiger partial charge is 0.370 e. The first-order chi connectivity index (χ1) is 10.5. The van der Waals surface area contributed by atoms with Gasteiger partial charge in [0, 0.05) is 18.3 Å². The van der Waals surface area contributed by atoms with Crippen molar-refractivity contribution in [3.63, 3.8) is 0 Å². The Bertz CT molecular complexity index is 632. The van der Waals surface area contributed by atoms with Crippen LogP contribution >= 0.6 is 11.6 Å². The fourth-order valence-electron chi connectivity index (χ4n) is 2.29. The van der Waals surface area contributed by atoms with E-state index in [9.17, 15) is 0 Å². The highest BCUT2D eigenvalue weighted by atomic mass is 35.5. The van der Waals surface area contributed by atoms with Crippen LogP contribution in [0, 0.1) is 20.8 Å². The summed E-state index contributed by atoms with van der Waals surface area (Å²) in [6.07, 6.45) is 2.27. The molecule has 0 radical (unpaired) electrons. The molecular formula is C17H23ClN4. The van der Waals surface area contributed by atoms with Crippen LogP contribution in [0.4, 0.5) is 17.5 Å². The van der Waals surface area contributed by atoms with Crippen LogP contribution in [-0.2, 0) is 0 Å². The Hall–Kier alpha value is -1.81. The van der Waals surface area contributed by atoms with E-state index in [1.807, 2.05) is 32.9 Å². The van der Waals surface area contributed by atoms with Crippen molar-refractivity contribution in [2.75, 3.05) is 17.2 Å². The van der Waals surface area contributed by atoms with Gasteiger partial charge in [-0.15, -0.1) is 0 Å².